The first kappa shape index (κ1) is 23.1. The number of rotatable bonds is 3. The van der Waals surface area contributed by atoms with Crippen molar-refractivity contribution in [3.63, 3.8) is 0 Å². The summed E-state index contributed by atoms with van der Waals surface area (Å²) in [6, 6.07) is 17.7. The molecule has 4 nitrogen and oxygen atoms in total. The number of likely N-dealkylation sites (tertiary alicyclic amines) is 1. The number of benzene rings is 2. The van der Waals surface area contributed by atoms with Crippen LogP contribution in [0.3, 0.4) is 0 Å². The number of carbonyl (C=O) groups excluding carboxylic acids is 1. The third-order valence-electron chi connectivity index (χ3n) is 6.87. The second-order valence-corrected chi connectivity index (χ2v) is 9.10. The Bertz CT molecular complexity index is 847. The Morgan fingerprint density at radius 3 is 2.23 bits per heavy atom. The smallest absolute Gasteiger partial charge is 0.227 e. The first-order chi connectivity index (χ1) is 13.9. The first-order valence-electron chi connectivity index (χ1n) is 10.4. The highest BCUT2D eigenvalue weighted by Crippen LogP contribution is 2.42. The SMILES string of the molecule is CC1CN(C(=O)[C@@H]2CNC[C@H]2c2ccc(Cl)cc2)CC(C)C1(O)c1ccccc1.Cl. The third-order valence-corrected chi connectivity index (χ3v) is 7.12. The van der Waals surface area contributed by atoms with E-state index in [1.54, 1.807) is 0 Å². The Morgan fingerprint density at radius 1 is 1.03 bits per heavy atom. The van der Waals surface area contributed by atoms with Gasteiger partial charge < -0.3 is 15.3 Å². The van der Waals surface area contributed by atoms with Gasteiger partial charge in [0.15, 0.2) is 0 Å². The Kier molecular flexibility index (Phi) is 7.13. The Balaban J connectivity index is 0.00000256. The van der Waals surface area contributed by atoms with Crippen LogP contribution in [0.5, 0.6) is 0 Å². The number of hydrogen-bond acceptors (Lipinski definition) is 3. The summed E-state index contributed by atoms with van der Waals surface area (Å²) in [6.45, 7) is 6.72. The van der Waals surface area contributed by atoms with Crippen molar-refractivity contribution in [1.82, 2.24) is 10.2 Å². The quantitative estimate of drug-likeness (QED) is 0.743. The number of nitrogens with one attached hydrogen (secondary N) is 1. The monoisotopic (exact) mass is 448 g/mol. The molecule has 2 heterocycles. The molecule has 2 saturated heterocycles. The number of amides is 1. The van der Waals surface area contributed by atoms with Gasteiger partial charge in [-0.25, -0.2) is 0 Å². The van der Waals surface area contributed by atoms with E-state index in [9.17, 15) is 9.90 Å². The zero-order chi connectivity index (χ0) is 20.6. The molecule has 2 fully saturated rings. The van der Waals surface area contributed by atoms with Crippen LogP contribution in [0.4, 0.5) is 0 Å². The van der Waals surface area contributed by atoms with Crippen LogP contribution in [0.2, 0.25) is 5.02 Å². The van der Waals surface area contributed by atoms with E-state index in [1.807, 2.05) is 73.3 Å². The van der Waals surface area contributed by atoms with Gasteiger partial charge in [0.1, 0.15) is 0 Å². The summed E-state index contributed by atoms with van der Waals surface area (Å²) in [5.41, 5.74) is 1.17. The van der Waals surface area contributed by atoms with Crippen molar-refractivity contribution < 1.29 is 9.90 Å². The highest BCUT2D eigenvalue weighted by molar-refractivity contribution is 6.30. The molecule has 2 N–H and O–H groups in total. The zero-order valence-corrected chi connectivity index (χ0v) is 19.0. The van der Waals surface area contributed by atoms with Crippen molar-refractivity contribution in [1.29, 1.82) is 0 Å². The molecule has 2 aliphatic rings. The van der Waals surface area contributed by atoms with Gasteiger partial charge in [-0.2, -0.15) is 0 Å². The van der Waals surface area contributed by atoms with Crippen LogP contribution in [-0.4, -0.2) is 42.1 Å². The van der Waals surface area contributed by atoms with Crippen LogP contribution in [0.1, 0.15) is 30.9 Å². The van der Waals surface area contributed by atoms with E-state index in [1.165, 1.54) is 0 Å². The third kappa shape index (κ3) is 4.11. The number of aliphatic hydroxyl groups is 1. The van der Waals surface area contributed by atoms with Crippen LogP contribution >= 0.6 is 24.0 Å². The summed E-state index contributed by atoms with van der Waals surface area (Å²) < 4.78 is 0. The predicted octanol–water partition coefficient (Wildman–Crippen LogP) is 4.07. The average Bonchev–Trinajstić information content (AvgIpc) is 3.22. The van der Waals surface area contributed by atoms with Crippen LogP contribution in [-0.2, 0) is 10.4 Å². The average molecular weight is 449 g/mol. The summed E-state index contributed by atoms with van der Waals surface area (Å²) in [6.07, 6.45) is 0. The maximum atomic E-state index is 13.5. The van der Waals surface area contributed by atoms with Gasteiger partial charge in [0.25, 0.3) is 0 Å². The normalized spacial score (nSPS) is 31.3. The minimum Gasteiger partial charge on any atom is -0.384 e. The topological polar surface area (TPSA) is 52.6 Å². The van der Waals surface area contributed by atoms with Gasteiger partial charge in [0.2, 0.25) is 5.91 Å². The summed E-state index contributed by atoms with van der Waals surface area (Å²) >= 11 is 6.03. The second-order valence-electron chi connectivity index (χ2n) is 8.66. The van der Waals surface area contributed by atoms with Crippen molar-refractivity contribution in [2.75, 3.05) is 26.2 Å². The second kappa shape index (κ2) is 9.27. The number of halogens is 2. The van der Waals surface area contributed by atoms with Gasteiger partial charge >= 0.3 is 0 Å². The number of carbonyl (C=O) groups is 1. The number of hydrogen-bond donors (Lipinski definition) is 2. The van der Waals surface area contributed by atoms with E-state index in [4.69, 9.17) is 11.6 Å². The van der Waals surface area contributed by atoms with E-state index in [0.717, 1.165) is 17.7 Å². The van der Waals surface area contributed by atoms with Gasteiger partial charge in [-0.3, -0.25) is 4.79 Å². The van der Waals surface area contributed by atoms with E-state index in [2.05, 4.69) is 5.32 Å². The van der Waals surface area contributed by atoms with Crippen molar-refractivity contribution in [3.8, 4) is 0 Å². The lowest BCUT2D eigenvalue weighted by atomic mass is 9.70. The fourth-order valence-electron chi connectivity index (χ4n) is 5.19. The van der Waals surface area contributed by atoms with Crippen molar-refractivity contribution >= 4 is 29.9 Å². The van der Waals surface area contributed by atoms with E-state index in [-0.39, 0.29) is 42.0 Å². The molecule has 2 aromatic rings. The number of piperidine rings is 1. The Labute approximate surface area is 190 Å². The molecule has 0 aliphatic carbocycles. The molecule has 0 spiro atoms. The van der Waals surface area contributed by atoms with E-state index < -0.39 is 5.60 Å². The van der Waals surface area contributed by atoms with Gasteiger partial charge in [-0.15, -0.1) is 12.4 Å². The van der Waals surface area contributed by atoms with Gasteiger partial charge in [-0.05, 0) is 23.3 Å². The molecule has 2 aromatic carbocycles. The minimum atomic E-state index is -0.915. The van der Waals surface area contributed by atoms with Crippen molar-refractivity contribution in [2.45, 2.75) is 25.4 Å². The van der Waals surface area contributed by atoms with Crippen molar-refractivity contribution in [3.05, 3.63) is 70.7 Å². The molecule has 30 heavy (non-hydrogen) atoms. The van der Waals surface area contributed by atoms with Crippen LogP contribution in [0, 0.1) is 17.8 Å². The standard InChI is InChI=1S/C24H29ClN2O2.ClH/c1-16-14-27(15-17(2)24(16,29)19-6-4-3-5-7-19)23(28)22-13-26-12-21(22)18-8-10-20(25)11-9-18;/h3-11,16-17,21-22,26,29H,12-15H2,1-2H3;1H/t16?,17?,21-,22+,24?;/m0./s1. The van der Waals surface area contributed by atoms with E-state index >= 15 is 0 Å². The van der Waals surface area contributed by atoms with Crippen LogP contribution in [0.25, 0.3) is 0 Å². The summed E-state index contributed by atoms with van der Waals surface area (Å²) in [7, 11) is 0. The lowest BCUT2D eigenvalue weighted by molar-refractivity contribution is -0.152. The highest BCUT2D eigenvalue weighted by Gasteiger charge is 2.48. The molecule has 0 bridgehead atoms. The lowest BCUT2D eigenvalue weighted by Crippen LogP contribution is -2.57. The minimum absolute atomic E-state index is 0. The maximum Gasteiger partial charge on any atom is 0.227 e. The number of nitrogens with zero attached hydrogens (tertiary/aromatic N) is 1. The molecule has 6 heteroatoms. The van der Waals surface area contributed by atoms with Gasteiger partial charge in [0.05, 0.1) is 11.5 Å². The molecular weight excluding hydrogens is 419 g/mol. The Morgan fingerprint density at radius 2 is 1.63 bits per heavy atom. The highest BCUT2D eigenvalue weighted by atomic mass is 35.5. The molecule has 4 atom stereocenters. The first-order valence-corrected chi connectivity index (χ1v) is 10.8. The largest absolute Gasteiger partial charge is 0.384 e. The van der Waals surface area contributed by atoms with E-state index in [0.29, 0.717) is 24.7 Å². The molecule has 0 aromatic heterocycles. The molecule has 1 amide bonds. The molecule has 162 valence electrons. The summed E-state index contributed by atoms with van der Waals surface area (Å²) in [5.74, 6) is 0.171. The van der Waals surface area contributed by atoms with Gasteiger partial charge in [-0.1, -0.05) is 67.9 Å². The van der Waals surface area contributed by atoms with Gasteiger partial charge in [0, 0.05) is 49.0 Å². The fraction of sp³-hybridized carbons (Fsp3) is 0.458. The molecule has 4 rings (SSSR count). The molecule has 0 saturated carbocycles. The maximum absolute atomic E-state index is 13.5. The molecular formula is C24H30Cl2N2O2. The zero-order valence-electron chi connectivity index (χ0n) is 17.4. The van der Waals surface area contributed by atoms with Crippen molar-refractivity contribution in [2.24, 2.45) is 17.8 Å². The molecule has 2 unspecified atom stereocenters. The molecule has 0 radical (unpaired) electrons. The lowest BCUT2D eigenvalue weighted by Gasteiger charge is -2.48. The molecule has 2 aliphatic heterocycles. The summed E-state index contributed by atoms with van der Waals surface area (Å²) in [4.78, 5) is 15.4. The Hall–Kier alpha value is -1.59. The van der Waals surface area contributed by atoms with Crippen LogP contribution in [0.15, 0.2) is 54.6 Å². The fourth-order valence-corrected chi connectivity index (χ4v) is 5.31. The summed E-state index contributed by atoms with van der Waals surface area (Å²) in [5, 5.41) is 15.6. The van der Waals surface area contributed by atoms with Crippen LogP contribution < -0.4 is 5.32 Å². The predicted molar refractivity (Wildman–Crippen MR) is 123 cm³/mol.